The van der Waals surface area contributed by atoms with Crippen molar-refractivity contribution in [2.75, 3.05) is 0 Å². The second-order valence-electron chi connectivity index (χ2n) is 3.06. The summed E-state index contributed by atoms with van der Waals surface area (Å²) in [6, 6.07) is 10.2. The minimum atomic E-state index is -0.603. The van der Waals surface area contributed by atoms with Crippen molar-refractivity contribution in [1.29, 1.82) is 0 Å². The van der Waals surface area contributed by atoms with Crippen molar-refractivity contribution in [2.24, 2.45) is 0 Å². The van der Waals surface area contributed by atoms with Gasteiger partial charge in [0.05, 0.1) is 0 Å². The van der Waals surface area contributed by atoms with Gasteiger partial charge in [0.1, 0.15) is 0 Å². The van der Waals surface area contributed by atoms with Crippen LogP contribution in [0.1, 0.15) is 0 Å². The summed E-state index contributed by atoms with van der Waals surface area (Å²) < 4.78 is 0. The Balaban J connectivity index is 3.12. The van der Waals surface area contributed by atoms with Crippen molar-refractivity contribution >= 4 is 13.2 Å². The van der Waals surface area contributed by atoms with Gasteiger partial charge in [0.2, 0.25) is 0 Å². The monoisotopic (exact) mass is 214 g/mol. The third kappa shape index (κ3) is 2.78. The minimum Gasteiger partial charge on any atom is -0.0984 e. The highest BCUT2D eigenvalue weighted by Crippen LogP contribution is 2.50. The molecule has 0 radical (unpaired) electrons. The first kappa shape index (κ1) is 11.7. The molecule has 0 heterocycles. The maximum Gasteiger partial charge on any atom is -0.0147 e. The quantitative estimate of drug-likeness (QED) is 0.509. The summed E-state index contributed by atoms with van der Waals surface area (Å²) in [7, 11) is -0.603. The van der Waals surface area contributed by atoms with Crippen molar-refractivity contribution < 1.29 is 0 Å². The van der Waals surface area contributed by atoms with Crippen molar-refractivity contribution in [3.8, 4) is 0 Å². The molecule has 0 saturated heterocycles. The highest BCUT2D eigenvalue weighted by atomic mass is 31.1. The molecule has 0 N–H and O–H groups in total. The zero-order valence-electron chi connectivity index (χ0n) is 8.82. The smallest absolute Gasteiger partial charge is 0.0147 e. The molecule has 0 aliphatic carbocycles. The van der Waals surface area contributed by atoms with Crippen LogP contribution in [0.2, 0.25) is 0 Å². The van der Waals surface area contributed by atoms with Crippen LogP contribution in [0.15, 0.2) is 79.4 Å². The Morgan fingerprint density at radius 2 is 1.40 bits per heavy atom. The van der Waals surface area contributed by atoms with Gasteiger partial charge < -0.3 is 0 Å². The van der Waals surface area contributed by atoms with E-state index in [9.17, 15) is 0 Å². The summed E-state index contributed by atoms with van der Waals surface area (Å²) >= 11 is 0. The zero-order valence-corrected chi connectivity index (χ0v) is 9.71. The molecule has 0 aliphatic heterocycles. The number of benzene rings is 1. The highest BCUT2D eigenvalue weighted by Gasteiger charge is 2.13. The number of hydrogen-bond acceptors (Lipinski definition) is 0. The van der Waals surface area contributed by atoms with Gasteiger partial charge in [-0.05, 0) is 23.9 Å². The Morgan fingerprint density at radius 3 is 1.80 bits per heavy atom. The van der Waals surface area contributed by atoms with E-state index in [4.69, 9.17) is 0 Å². The average Bonchev–Trinajstić information content (AvgIpc) is 2.30. The van der Waals surface area contributed by atoms with Gasteiger partial charge in [0.15, 0.2) is 0 Å². The number of hydrogen-bond donors (Lipinski definition) is 0. The van der Waals surface area contributed by atoms with E-state index in [2.05, 4.69) is 38.4 Å². The third-order valence-electron chi connectivity index (χ3n) is 2.06. The second kappa shape index (κ2) is 5.48. The van der Waals surface area contributed by atoms with Crippen LogP contribution in [0.3, 0.4) is 0 Å². The summed E-state index contributed by atoms with van der Waals surface area (Å²) in [5.41, 5.74) is 0. The maximum atomic E-state index is 4.02. The van der Waals surface area contributed by atoms with Crippen LogP contribution in [0.5, 0.6) is 0 Å². The maximum absolute atomic E-state index is 4.02. The molecular weight excluding hydrogens is 199 g/mol. The SMILES string of the molecule is C=CC(=C)P(C(=C)C=C)c1ccccc1. The summed E-state index contributed by atoms with van der Waals surface area (Å²) in [5.74, 6) is 0. The molecule has 0 amide bonds. The normalized spacial score (nSPS) is 9.67. The van der Waals surface area contributed by atoms with Crippen molar-refractivity contribution in [2.45, 2.75) is 0 Å². The van der Waals surface area contributed by atoms with Gasteiger partial charge in [-0.3, -0.25) is 0 Å². The first-order valence-electron chi connectivity index (χ1n) is 4.68. The first-order valence-corrected chi connectivity index (χ1v) is 6.02. The predicted molar refractivity (Wildman–Crippen MR) is 71.7 cm³/mol. The largest absolute Gasteiger partial charge is 0.0984 e. The van der Waals surface area contributed by atoms with Gasteiger partial charge in [-0.15, -0.1) is 0 Å². The van der Waals surface area contributed by atoms with Crippen molar-refractivity contribution in [1.82, 2.24) is 0 Å². The molecule has 0 nitrogen and oxygen atoms in total. The van der Waals surface area contributed by atoms with Gasteiger partial charge in [0, 0.05) is 0 Å². The Kier molecular flexibility index (Phi) is 4.27. The Labute approximate surface area is 93.1 Å². The molecule has 1 rings (SSSR count). The summed E-state index contributed by atoms with van der Waals surface area (Å²) in [6.45, 7) is 15.6. The van der Waals surface area contributed by atoms with E-state index >= 15 is 0 Å². The van der Waals surface area contributed by atoms with E-state index in [0.717, 1.165) is 10.6 Å². The molecule has 0 aliphatic rings. The lowest BCUT2D eigenvalue weighted by molar-refractivity contribution is 1.76. The highest BCUT2D eigenvalue weighted by molar-refractivity contribution is 7.74. The van der Waals surface area contributed by atoms with Crippen molar-refractivity contribution in [3.05, 3.63) is 79.4 Å². The Bertz CT molecular complexity index is 367. The van der Waals surface area contributed by atoms with Crippen LogP contribution in [-0.4, -0.2) is 0 Å². The third-order valence-corrected chi connectivity index (χ3v) is 4.39. The first-order chi connectivity index (χ1) is 7.20. The zero-order chi connectivity index (χ0) is 11.3. The van der Waals surface area contributed by atoms with Crippen LogP contribution in [0, 0.1) is 0 Å². The van der Waals surface area contributed by atoms with E-state index in [1.807, 2.05) is 18.2 Å². The van der Waals surface area contributed by atoms with E-state index in [0.29, 0.717) is 0 Å². The van der Waals surface area contributed by atoms with Crippen LogP contribution in [0.25, 0.3) is 0 Å². The second-order valence-corrected chi connectivity index (χ2v) is 5.40. The lowest BCUT2D eigenvalue weighted by Gasteiger charge is -2.18. The molecule has 0 spiro atoms. The average molecular weight is 214 g/mol. The fraction of sp³-hybridized carbons (Fsp3) is 0. The van der Waals surface area contributed by atoms with Gasteiger partial charge in [-0.25, -0.2) is 0 Å². The van der Waals surface area contributed by atoms with Crippen LogP contribution in [-0.2, 0) is 0 Å². The van der Waals surface area contributed by atoms with Gasteiger partial charge in [-0.2, -0.15) is 0 Å². The summed E-state index contributed by atoms with van der Waals surface area (Å²) in [4.78, 5) is 0. The van der Waals surface area contributed by atoms with E-state index < -0.39 is 7.92 Å². The van der Waals surface area contributed by atoms with Crippen LogP contribution >= 0.6 is 7.92 Å². The molecule has 1 aromatic rings. The summed E-state index contributed by atoms with van der Waals surface area (Å²) in [6.07, 6.45) is 3.60. The Hall–Kier alpha value is -1.39. The minimum absolute atomic E-state index is 0.603. The van der Waals surface area contributed by atoms with E-state index in [1.165, 1.54) is 5.30 Å². The molecule has 0 saturated carbocycles. The van der Waals surface area contributed by atoms with E-state index in [-0.39, 0.29) is 0 Å². The van der Waals surface area contributed by atoms with Crippen LogP contribution < -0.4 is 5.30 Å². The molecular formula is C14H15P. The molecule has 15 heavy (non-hydrogen) atoms. The molecule has 0 unspecified atom stereocenters. The molecule has 1 heteroatoms. The molecule has 0 atom stereocenters. The number of rotatable bonds is 5. The molecule has 1 aromatic carbocycles. The van der Waals surface area contributed by atoms with Crippen LogP contribution in [0.4, 0.5) is 0 Å². The van der Waals surface area contributed by atoms with Gasteiger partial charge in [0.25, 0.3) is 0 Å². The predicted octanol–water partition coefficient (Wildman–Crippen LogP) is 4.19. The Morgan fingerprint density at radius 1 is 0.933 bits per heavy atom. The molecule has 0 fully saturated rings. The number of allylic oxidation sites excluding steroid dienone is 4. The lowest BCUT2D eigenvalue weighted by Crippen LogP contribution is -2.00. The van der Waals surface area contributed by atoms with E-state index in [1.54, 1.807) is 12.2 Å². The fourth-order valence-electron chi connectivity index (χ4n) is 1.28. The molecule has 0 aromatic heterocycles. The van der Waals surface area contributed by atoms with Gasteiger partial charge >= 0.3 is 0 Å². The summed E-state index contributed by atoms with van der Waals surface area (Å²) in [5, 5.41) is 3.27. The van der Waals surface area contributed by atoms with Crippen molar-refractivity contribution in [3.63, 3.8) is 0 Å². The fourth-order valence-corrected chi connectivity index (χ4v) is 3.14. The molecule has 0 bridgehead atoms. The standard InChI is InChI=1S/C14H15P/c1-5-12(3)15(13(4)6-2)14-10-8-7-9-11-14/h5-11H,1-4H2. The molecule has 76 valence electrons. The topological polar surface area (TPSA) is 0 Å². The lowest BCUT2D eigenvalue weighted by atomic mass is 10.4. The van der Waals surface area contributed by atoms with Gasteiger partial charge in [-0.1, -0.05) is 68.8 Å².